The van der Waals surface area contributed by atoms with Gasteiger partial charge in [0.2, 0.25) is 0 Å². The molecule has 0 aliphatic heterocycles. The standard InChI is InChI=1S/C22H28O/c1-5-7-8-9-14-23-22-17(3)15-21(16-18(22)4)20-12-10-19(6-2)11-13-20/h6,10-13,15-16H,2,5,7-9,14H2,1,3-4H3. The van der Waals surface area contributed by atoms with Crippen molar-refractivity contribution in [3.05, 3.63) is 59.7 Å². The monoisotopic (exact) mass is 308 g/mol. The lowest BCUT2D eigenvalue weighted by Gasteiger charge is -2.14. The molecule has 0 heterocycles. The van der Waals surface area contributed by atoms with Crippen LogP contribution in [0.3, 0.4) is 0 Å². The van der Waals surface area contributed by atoms with E-state index in [1.807, 2.05) is 6.08 Å². The molecule has 0 aliphatic rings. The molecule has 1 nitrogen and oxygen atoms in total. The molecule has 0 radical (unpaired) electrons. The van der Waals surface area contributed by atoms with Gasteiger partial charge in [0.1, 0.15) is 5.75 Å². The molecule has 122 valence electrons. The van der Waals surface area contributed by atoms with Crippen LogP contribution >= 0.6 is 0 Å². The van der Waals surface area contributed by atoms with Crippen LogP contribution < -0.4 is 4.74 Å². The first-order chi connectivity index (χ1) is 11.2. The van der Waals surface area contributed by atoms with Gasteiger partial charge in [-0.2, -0.15) is 0 Å². The zero-order valence-corrected chi connectivity index (χ0v) is 14.7. The van der Waals surface area contributed by atoms with E-state index in [9.17, 15) is 0 Å². The minimum absolute atomic E-state index is 0.815. The van der Waals surface area contributed by atoms with Gasteiger partial charge in [-0.15, -0.1) is 0 Å². The van der Waals surface area contributed by atoms with Crippen LogP contribution in [0.2, 0.25) is 0 Å². The van der Waals surface area contributed by atoms with E-state index in [0.29, 0.717) is 0 Å². The summed E-state index contributed by atoms with van der Waals surface area (Å²) in [7, 11) is 0. The summed E-state index contributed by atoms with van der Waals surface area (Å²) in [4.78, 5) is 0. The van der Waals surface area contributed by atoms with Crippen molar-refractivity contribution in [2.45, 2.75) is 46.5 Å². The van der Waals surface area contributed by atoms with Crippen molar-refractivity contribution in [1.82, 2.24) is 0 Å². The average molecular weight is 308 g/mol. The molecule has 0 atom stereocenters. The highest BCUT2D eigenvalue weighted by Crippen LogP contribution is 2.30. The minimum atomic E-state index is 0.815. The highest BCUT2D eigenvalue weighted by atomic mass is 16.5. The molecule has 2 rings (SSSR count). The molecule has 0 unspecified atom stereocenters. The largest absolute Gasteiger partial charge is 0.493 e. The Morgan fingerprint density at radius 2 is 1.57 bits per heavy atom. The van der Waals surface area contributed by atoms with E-state index in [-0.39, 0.29) is 0 Å². The molecule has 0 spiro atoms. The Balaban J connectivity index is 2.11. The third kappa shape index (κ3) is 4.72. The lowest BCUT2D eigenvalue weighted by molar-refractivity contribution is 0.301. The molecular formula is C22H28O. The number of aryl methyl sites for hydroxylation is 2. The van der Waals surface area contributed by atoms with Crippen molar-refractivity contribution < 1.29 is 4.74 Å². The van der Waals surface area contributed by atoms with Gasteiger partial charge in [0, 0.05) is 0 Å². The maximum atomic E-state index is 6.03. The van der Waals surface area contributed by atoms with Gasteiger partial charge in [0.15, 0.2) is 0 Å². The molecule has 0 N–H and O–H groups in total. The second-order valence-corrected chi connectivity index (χ2v) is 6.17. The SMILES string of the molecule is C=Cc1ccc(-c2cc(C)c(OCCCCCC)c(C)c2)cc1. The summed E-state index contributed by atoms with van der Waals surface area (Å²) in [6.45, 7) is 11.1. The third-order valence-corrected chi connectivity index (χ3v) is 4.18. The quantitative estimate of drug-likeness (QED) is 0.501. The fraction of sp³-hybridized carbons (Fsp3) is 0.364. The van der Waals surface area contributed by atoms with Crippen LogP contribution in [-0.2, 0) is 0 Å². The maximum Gasteiger partial charge on any atom is 0.125 e. The molecule has 2 aromatic carbocycles. The molecule has 0 saturated heterocycles. The Hall–Kier alpha value is -2.02. The van der Waals surface area contributed by atoms with Crippen LogP contribution in [0.5, 0.6) is 5.75 Å². The summed E-state index contributed by atoms with van der Waals surface area (Å²) in [5.41, 5.74) is 6.05. The van der Waals surface area contributed by atoms with E-state index in [0.717, 1.165) is 24.3 Å². The van der Waals surface area contributed by atoms with E-state index in [4.69, 9.17) is 4.74 Å². The predicted molar refractivity (Wildman–Crippen MR) is 101 cm³/mol. The van der Waals surface area contributed by atoms with E-state index in [1.54, 1.807) is 0 Å². The average Bonchev–Trinajstić information content (AvgIpc) is 2.56. The van der Waals surface area contributed by atoms with Crippen LogP contribution in [-0.4, -0.2) is 6.61 Å². The molecule has 1 heteroatoms. The van der Waals surface area contributed by atoms with Crippen molar-refractivity contribution >= 4 is 6.08 Å². The second kappa shape index (κ2) is 8.57. The van der Waals surface area contributed by atoms with Crippen LogP contribution in [0.25, 0.3) is 17.2 Å². The van der Waals surface area contributed by atoms with E-state index in [2.05, 4.69) is 63.7 Å². The summed E-state index contributed by atoms with van der Waals surface area (Å²) < 4.78 is 6.03. The van der Waals surface area contributed by atoms with Gasteiger partial charge in [-0.25, -0.2) is 0 Å². The summed E-state index contributed by atoms with van der Waals surface area (Å²) in [6, 6.07) is 12.9. The topological polar surface area (TPSA) is 9.23 Å². The lowest BCUT2D eigenvalue weighted by Crippen LogP contribution is -2.01. The molecule has 0 saturated carbocycles. The number of rotatable bonds is 8. The summed E-state index contributed by atoms with van der Waals surface area (Å²) in [5.74, 6) is 1.05. The molecule has 0 aliphatic carbocycles. The van der Waals surface area contributed by atoms with Gasteiger partial charge >= 0.3 is 0 Å². The Morgan fingerprint density at radius 1 is 0.913 bits per heavy atom. The Labute approximate surface area is 141 Å². The fourth-order valence-corrected chi connectivity index (χ4v) is 2.86. The predicted octanol–water partition coefficient (Wildman–Crippen LogP) is 6.57. The zero-order valence-electron chi connectivity index (χ0n) is 14.7. The number of unbranched alkanes of at least 4 members (excludes halogenated alkanes) is 3. The van der Waals surface area contributed by atoms with Crippen molar-refractivity contribution in [3.63, 3.8) is 0 Å². The zero-order chi connectivity index (χ0) is 16.7. The van der Waals surface area contributed by atoms with Gasteiger partial charge in [0.05, 0.1) is 6.61 Å². The van der Waals surface area contributed by atoms with Crippen molar-refractivity contribution in [1.29, 1.82) is 0 Å². The smallest absolute Gasteiger partial charge is 0.125 e. The highest BCUT2D eigenvalue weighted by molar-refractivity contribution is 5.68. The van der Waals surface area contributed by atoms with Crippen LogP contribution in [0.1, 0.15) is 49.3 Å². The molecule has 0 aromatic heterocycles. The van der Waals surface area contributed by atoms with E-state index < -0.39 is 0 Å². The lowest BCUT2D eigenvalue weighted by atomic mass is 9.99. The van der Waals surface area contributed by atoms with Gasteiger partial charge in [-0.1, -0.05) is 63.1 Å². The van der Waals surface area contributed by atoms with Gasteiger partial charge < -0.3 is 4.74 Å². The fourth-order valence-electron chi connectivity index (χ4n) is 2.86. The first-order valence-electron chi connectivity index (χ1n) is 8.62. The van der Waals surface area contributed by atoms with Crippen LogP contribution in [0.4, 0.5) is 0 Å². The molecule has 2 aromatic rings. The minimum Gasteiger partial charge on any atom is -0.493 e. The first kappa shape index (κ1) is 17.3. The van der Waals surface area contributed by atoms with E-state index in [1.165, 1.54) is 41.5 Å². The number of ether oxygens (including phenoxy) is 1. The van der Waals surface area contributed by atoms with Gasteiger partial charge in [-0.3, -0.25) is 0 Å². The highest BCUT2D eigenvalue weighted by Gasteiger charge is 2.08. The normalized spacial score (nSPS) is 10.6. The summed E-state index contributed by atoms with van der Waals surface area (Å²) >= 11 is 0. The first-order valence-corrected chi connectivity index (χ1v) is 8.62. The Bertz CT molecular complexity index is 615. The molecule has 0 bridgehead atoms. The van der Waals surface area contributed by atoms with Gasteiger partial charge in [0.25, 0.3) is 0 Å². The summed E-state index contributed by atoms with van der Waals surface area (Å²) in [6.07, 6.45) is 6.81. The van der Waals surface area contributed by atoms with Crippen molar-refractivity contribution in [2.75, 3.05) is 6.61 Å². The third-order valence-electron chi connectivity index (χ3n) is 4.18. The number of benzene rings is 2. The van der Waals surface area contributed by atoms with Gasteiger partial charge in [-0.05, 0) is 60.2 Å². The molecular weight excluding hydrogens is 280 g/mol. The second-order valence-electron chi connectivity index (χ2n) is 6.17. The maximum absolute atomic E-state index is 6.03. The van der Waals surface area contributed by atoms with Crippen LogP contribution in [0.15, 0.2) is 43.0 Å². The molecule has 0 fully saturated rings. The van der Waals surface area contributed by atoms with Crippen molar-refractivity contribution in [3.8, 4) is 16.9 Å². The van der Waals surface area contributed by atoms with Crippen molar-refractivity contribution in [2.24, 2.45) is 0 Å². The summed E-state index contributed by atoms with van der Waals surface area (Å²) in [5, 5.41) is 0. The number of hydrogen-bond donors (Lipinski definition) is 0. The van der Waals surface area contributed by atoms with Crippen LogP contribution in [0, 0.1) is 13.8 Å². The molecule has 23 heavy (non-hydrogen) atoms. The number of hydrogen-bond acceptors (Lipinski definition) is 1. The Kier molecular flexibility index (Phi) is 6.46. The molecule has 0 amide bonds. The Morgan fingerprint density at radius 3 is 2.13 bits per heavy atom. The van der Waals surface area contributed by atoms with E-state index >= 15 is 0 Å².